The van der Waals surface area contributed by atoms with Crippen LogP contribution in [0.5, 0.6) is 0 Å². The number of carbonyl (C=O) groups is 2. The summed E-state index contributed by atoms with van der Waals surface area (Å²) in [7, 11) is 0. The highest BCUT2D eigenvalue weighted by molar-refractivity contribution is 7.21. The molecule has 0 radical (unpaired) electrons. The van der Waals surface area contributed by atoms with E-state index in [-0.39, 0.29) is 17.1 Å². The fourth-order valence-electron chi connectivity index (χ4n) is 3.39. The van der Waals surface area contributed by atoms with Crippen molar-refractivity contribution in [3.05, 3.63) is 69.4 Å². The second kappa shape index (κ2) is 7.50. The largest absolute Gasteiger partial charge is 0.480 e. The fourth-order valence-corrected chi connectivity index (χ4v) is 4.98. The van der Waals surface area contributed by atoms with Crippen molar-refractivity contribution in [2.45, 2.75) is 19.4 Å². The van der Waals surface area contributed by atoms with Crippen LogP contribution < -0.4 is 5.32 Å². The number of amides is 1. The van der Waals surface area contributed by atoms with E-state index in [4.69, 9.17) is 11.6 Å². The van der Waals surface area contributed by atoms with Gasteiger partial charge in [0.25, 0.3) is 5.91 Å². The number of nitrogens with one attached hydrogen (secondary N) is 2. The van der Waals surface area contributed by atoms with Gasteiger partial charge in [-0.05, 0) is 42.3 Å². The monoisotopic (exact) mass is 430 g/mol. The molecule has 8 heteroatoms. The van der Waals surface area contributed by atoms with E-state index in [9.17, 15) is 19.1 Å². The summed E-state index contributed by atoms with van der Waals surface area (Å²) in [6, 6.07) is 8.74. The normalized spacial score (nSPS) is 12.4. The standard InChI is InChI=1S/C21H16ClFN2O3S/c1-10-3-2-4-16-17(10)18(22)19(29-16)20(26)25-15(21(27)28)7-11-9-24-14-8-12(23)5-6-13(11)14/h2-6,8-9,15,24H,7H2,1H3,(H,25,26)(H,27,28). The quantitative estimate of drug-likeness (QED) is 0.420. The molecule has 2 aromatic carbocycles. The summed E-state index contributed by atoms with van der Waals surface area (Å²) in [5, 5.41) is 14.0. The Bertz CT molecular complexity index is 1260. The van der Waals surface area contributed by atoms with Crippen molar-refractivity contribution in [1.29, 1.82) is 0 Å². The Balaban J connectivity index is 1.61. The van der Waals surface area contributed by atoms with Gasteiger partial charge in [-0.1, -0.05) is 23.7 Å². The molecule has 29 heavy (non-hydrogen) atoms. The lowest BCUT2D eigenvalue weighted by Gasteiger charge is -2.14. The van der Waals surface area contributed by atoms with Crippen molar-refractivity contribution in [3.63, 3.8) is 0 Å². The molecule has 4 rings (SSSR count). The summed E-state index contributed by atoms with van der Waals surface area (Å²) in [5.74, 6) is -2.08. The minimum absolute atomic E-state index is 0.0498. The number of aromatic amines is 1. The van der Waals surface area contributed by atoms with Gasteiger partial charge in [-0.15, -0.1) is 11.3 Å². The highest BCUT2D eigenvalue weighted by Crippen LogP contribution is 2.37. The molecule has 2 heterocycles. The Morgan fingerprint density at radius 2 is 2.10 bits per heavy atom. The molecular weight excluding hydrogens is 415 g/mol. The Labute approximate surface area is 174 Å². The van der Waals surface area contributed by atoms with Crippen LogP contribution in [0.1, 0.15) is 20.8 Å². The van der Waals surface area contributed by atoms with Gasteiger partial charge in [-0.2, -0.15) is 0 Å². The van der Waals surface area contributed by atoms with Gasteiger partial charge in [0.05, 0.1) is 5.02 Å². The Kier molecular flexibility index (Phi) is 5.02. The van der Waals surface area contributed by atoms with E-state index in [1.54, 1.807) is 12.3 Å². The van der Waals surface area contributed by atoms with E-state index >= 15 is 0 Å². The number of H-pyrrole nitrogens is 1. The number of carboxylic acid groups (broad SMARTS) is 1. The molecule has 148 valence electrons. The van der Waals surface area contributed by atoms with Crippen molar-refractivity contribution in [2.24, 2.45) is 0 Å². The van der Waals surface area contributed by atoms with E-state index < -0.39 is 17.9 Å². The minimum atomic E-state index is -1.16. The van der Waals surface area contributed by atoms with Gasteiger partial charge in [0, 0.05) is 33.6 Å². The third-order valence-electron chi connectivity index (χ3n) is 4.83. The van der Waals surface area contributed by atoms with Crippen LogP contribution >= 0.6 is 22.9 Å². The molecule has 0 fully saturated rings. The summed E-state index contributed by atoms with van der Waals surface area (Å²) in [4.78, 5) is 27.8. The lowest BCUT2D eigenvalue weighted by molar-refractivity contribution is -0.139. The molecule has 0 aliphatic carbocycles. The van der Waals surface area contributed by atoms with Crippen molar-refractivity contribution in [1.82, 2.24) is 10.3 Å². The summed E-state index contributed by atoms with van der Waals surface area (Å²) in [6.45, 7) is 1.91. The predicted molar refractivity (Wildman–Crippen MR) is 112 cm³/mol. The van der Waals surface area contributed by atoms with Crippen LogP contribution in [-0.4, -0.2) is 28.0 Å². The second-order valence-corrected chi connectivity index (χ2v) is 8.20. The Morgan fingerprint density at radius 1 is 1.31 bits per heavy atom. The molecule has 0 spiro atoms. The molecule has 4 aromatic rings. The maximum absolute atomic E-state index is 13.4. The van der Waals surface area contributed by atoms with E-state index in [0.29, 0.717) is 21.5 Å². The highest BCUT2D eigenvalue weighted by atomic mass is 35.5. The third-order valence-corrected chi connectivity index (χ3v) is 6.47. The number of aromatic nitrogens is 1. The number of thiophene rings is 1. The number of halogens is 2. The number of rotatable bonds is 5. The van der Waals surface area contributed by atoms with Crippen LogP contribution in [0.15, 0.2) is 42.6 Å². The van der Waals surface area contributed by atoms with Crippen LogP contribution in [0.3, 0.4) is 0 Å². The van der Waals surface area contributed by atoms with E-state index in [2.05, 4.69) is 10.3 Å². The van der Waals surface area contributed by atoms with E-state index in [1.165, 1.54) is 23.5 Å². The first kappa shape index (κ1) is 19.4. The zero-order valence-corrected chi connectivity index (χ0v) is 16.8. The molecule has 1 atom stereocenters. The van der Waals surface area contributed by atoms with Crippen molar-refractivity contribution in [2.75, 3.05) is 0 Å². The first-order chi connectivity index (χ1) is 13.8. The van der Waals surface area contributed by atoms with Gasteiger partial charge < -0.3 is 15.4 Å². The number of hydrogen-bond donors (Lipinski definition) is 3. The van der Waals surface area contributed by atoms with Gasteiger partial charge in [0.2, 0.25) is 0 Å². The molecule has 3 N–H and O–H groups in total. The molecule has 5 nitrogen and oxygen atoms in total. The third kappa shape index (κ3) is 3.59. The number of aryl methyl sites for hydroxylation is 1. The summed E-state index contributed by atoms with van der Waals surface area (Å²) >= 11 is 7.64. The molecule has 0 bridgehead atoms. The lowest BCUT2D eigenvalue weighted by atomic mass is 10.0. The number of hydrogen-bond acceptors (Lipinski definition) is 3. The fraction of sp³-hybridized carbons (Fsp3) is 0.143. The van der Waals surface area contributed by atoms with Gasteiger partial charge in [-0.3, -0.25) is 4.79 Å². The average molecular weight is 431 g/mol. The highest BCUT2D eigenvalue weighted by Gasteiger charge is 2.25. The SMILES string of the molecule is Cc1cccc2sc(C(=O)NC(Cc3c[nH]c4cc(F)ccc34)C(=O)O)c(Cl)c12. The van der Waals surface area contributed by atoms with Crippen molar-refractivity contribution >= 4 is 55.8 Å². The molecule has 0 saturated carbocycles. The molecule has 0 saturated heterocycles. The van der Waals surface area contributed by atoms with Gasteiger partial charge >= 0.3 is 5.97 Å². The Morgan fingerprint density at radius 3 is 2.83 bits per heavy atom. The van der Waals surface area contributed by atoms with Crippen LogP contribution in [0.2, 0.25) is 5.02 Å². The van der Waals surface area contributed by atoms with E-state index in [1.807, 2.05) is 25.1 Å². The zero-order valence-electron chi connectivity index (χ0n) is 15.3. The van der Waals surface area contributed by atoms with Crippen LogP contribution in [0.25, 0.3) is 21.0 Å². The second-order valence-electron chi connectivity index (χ2n) is 6.77. The predicted octanol–water partition coefficient (Wildman–Crippen LogP) is 4.91. The van der Waals surface area contributed by atoms with Gasteiger partial charge in [0.1, 0.15) is 16.7 Å². The van der Waals surface area contributed by atoms with Crippen LogP contribution in [0, 0.1) is 12.7 Å². The molecule has 2 aromatic heterocycles. The molecule has 0 aliphatic rings. The van der Waals surface area contributed by atoms with Crippen molar-refractivity contribution < 1.29 is 19.1 Å². The summed E-state index contributed by atoms with van der Waals surface area (Å²) < 4.78 is 14.2. The first-order valence-corrected chi connectivity index (χ1v) is 10.0. The number of carboxylic acids is 1. The average Bonchev–Trinajstić information content (AvgIpc) is 3.22. The maximum atomic E-state index is 13.4. The molecular formula is C21H16ClFN2O3S. The molecule has 1 unspecified atom stereocenters. The smallest absolute Gasteiger partial charge is 0.326 e. The van der Waals surface area contributed by atoms with E-state index in [0.717, 1.165) is 15.6 Å². The van der Waals surface area contributed by atoms with Gasteiger partial charge in [-0.25, -0.2) is 9.18 Å². The number of carbonyl (C=O) groups excluding carboxylic acids is 1. The van der Waals surface area contributed by atoms with Crippen molar-refractivity contribution in [3.8, 4) is 0 Å². The number of benzene rings is 2. The molecule has 0 aliphatic heterocycles. The number of aliphatic carboxylic acids is 1. The minimum Gasteiger partial charge on any atom is -0.480 e. The van der Waals surface area contributed by atoms with Crippen LogP contribution in [-0.2, 0) is 11.2 Å². The first-order valence-electron chi connectivity index (χ1n) is 8.82. The lowest BCUT2D eigenvalue weighted by Crippen LogP contribution is -2.42. The topological polar surface area (TPSA) is 82.2 Å². The Hall–Kier alpha value is -2.90. The summed E-state index contributed by atoms with van der Waals surface area (Å²) in [5.41, 5.74) is 2.19. The maximum Gasteiger partial charge on any atom is 0.326 e. The van der Waals surface area contributed by atoms with Gasteiger partial charge in [0.15, 0.2) is 0 Å². The zero-order chi connectivity index (χ0) is 20.7. The molecule has 1 amide bonds. The number of fused-ring (bicyclic) bond motifs is 2. The van der Waals surface area contributed by atoms with Crippen LogP contribution in [0.4, 0.5) is 4.39 Å². The summed E-state index contributed by atoms with van der Waals surface area (Å²) in [6.07, 6.45) is 1.68.